The Morgan fingerprint density at radius 2 is 1.74 bits per heavy atom. The van der Waals surface area contributed by atoms with E-state index in [1.54, 1.807) is 0 Å². The number of phenols is 1. The van der Waals surface area contributed by atoms with E-state index < -0.39 is 21.6 Å². The molecule has 0 amide bonds. The first-order chi connectivity index (χ1) is 8.88. The van der Waals surface area contributed by atoms with Crippen molar-refractivity contribution in [2.24, 2.45) is 0 Å². The van der Waals surface area contributed by atoms with Crippen LogP contribution in [0.4, 0.5) is 10.1 Å². The molecule has 0 spiro atoms. The van der Waals surface area contributed by atoms with Crippen molar-refractivity contribution in [3.8, 4) is 5.75 Å². The molecule has 0 atom stereocenters. The molecule has 2 aromatic carbocycles. The van der Waals surface area contributed by atoms with E-state index in [0.29, 0.717) is 5.02 Å². The zero-order valence-corrected chi connectivity index (χ0v) is 11.0. The number of nitrogens with one attached hydrogen (secondary N) is 1. The van der Waals surface area contributed by atoms with Crippen LogP contribution in [0.25, 0.3) is 0 Å². The Balaban J connectivity index is 2.33. The van der Waals surface area contributed by atoms with Gasteiger partial charge >= 0.3 is 0 Å². The number of anilines is 1. The molecule has 0 aromatic heterocycles. The molecule has 0 saturated carbocycles. The third-order valence-electron chi connectivity index (χ3n) is 2.33. The molecule has 0 saturated heterocycles. The van der Waals surface area contributed by atoms with Gasteiger partial charge in [-0.05, 0) is 36.4 Å². The Labute approximate surface area is 114 Å². The fourth-order valence-corrected chi connectivity index (χ4v) is 2.61. The van der Waals surface area contributed by atoms with Crippen LogP contribution in [0.2, 0.25) is 5.02 Å². The molecular weight excluding hydrogens is 293 g/mol. The molecule has 19 heavy (non-hydrogen) atoms. The van der Waals surface area contributed by atoms with E-state index >= 15 is 0 Å². The first kappa shape index (κ1) is 13.6. The van der Waals surface area contributed by atoms with Gasteiger partial charge < -0.3 is 5.11 Å². The Morgan fingerprint density at radius 1 is 1.11 bits per heavy atom. The summed E-state index contributed by atoms with van der Waals surface area (Å²) in [4.78, 5) is -0.0133. The molecule has 0 unspecified atom stereocenters. The van der Waals surface area contributed by atoms with Crippen molar-refractivity contribution in [1.29, 1.82) is 0 Å². The van der Waals surface area contributed by atoms with Crippen LogP contribution in [0.1, 0.15) is 0 Å². The lowest BCUT2D eigenvalue weighted by molar-refractivity contribution is 0.471. The highest BCUT2D eigenvalue weighted by Crippen LogP contribution is 2.26. The summed E-state index contributed by atoms with van der Waals surface area (Å²) in [7, 11) is -3.86. The Kier molecular flexibility index (Phi) is 3.64. The van der Waals surface area contributed by atoms with E-state index in [0.717, 1.165) is 18.2 Å². The van der Waals surface area contributed by atoms with Gasteiger partial charge in [-0.2, -0.15) is 0 Å². The number of hydrogen-bond donors (Lipinski definition) is 2. The highest BCUT2D eigenvalue weighted by atomic mass is 35.5. The number of rotatable bonds is 3. The van der Waals surface area contributed by atoms with Gasteiger partial charge in [0.2, 0.25) is 0 Å². The molecule has 100 valence electrons. The SMILES string of the molecule is O=S(=O)(Nc1ccc(F)cc1O)c1ccc(Cl)cc1. The lowest BCUT2D eigenvalue weighted by Crippen LogP contribution is -2.12. The molecule has 7 heteroatoms. The van der Waals surface area contributed by atoms with Crippen LogP contribution in [0, 0.1) is 5.82 Å². The molecule has 0 fully saturated rings. The number of benzene rings is 2. The second-order valence-electron chi connectivity index (χ2n) is 3.72. The van der Waals surface area contributed by atoms with Crippen LogP contribution in [0.15, 0.2) is 47.4 Å². The van der Waals surface area contributed by atoms with Gasteiger partial charge in [-0.15, -0.1) is 0 Å². The van der Waals surface area contributed by atoms with E-state index in [-0.39, 0.29) is 10.6 Å². The summed E-state index contributed by atoms with van der Waals surface area (Å²) in [6.07, 6.45) is 0. The molecule has 0 heterocycles. The zero-order valence-electron chi connectivity index (χ0n) is 9.47. The average Bonchev–Trinajstić information content (AvgIpc) is 2.33. The lowest BCUT2D eigenvalue weighted by atomic mass is 10.3. The van der Waals surface area contributed by atoms with Crippen molar-refractivity contribution in [2.75, 3.05) is 4.72 Å². The first-order valence-electron chi connectivity index (χ1n) is 5.15. The second kappa shape index (κ2) is 5.07. The molecule has 0 bridgehead atoms. The van der Waals surface area contributed by atoms with Crippen molar-refractivity contribution < 1.29 is 17.9 Å². The molecule has 0 radical (unpaired) electrons. The largest absolute Gasteiger partial charge is 0.506 e. The Hall–Kier alpha value is -1.79. The quantitative estimate of drug-likeness (QED) is 0.857. The topological polar surface area (TPSA) is 66.4 Å². The van der Waals surface area contributed by atoms with Crippen molar-refractivity contribution in [3.05, 3.63) is 53.3 Å². The molecule has 2 aromatic rings. The number of hydrogen-bond acceptors (Lipinski definition) is 3. The second-order valence-corrected chi connectivity index (χ2v) is 5.84. The fourth-order valence-electron chi connectivity index (χ4n) is 1.41. The number of phenolic OH excluding ortho intramolecular Hbond substituents is 1. The molecule has 2 N–H and O–H groups in total. The maximum Gasteiger partial charge on any atom is 0.262 e. The van der Waals surface area contributed by atoms with Crippen molar-refractivity contribution in [3.63, 3.8) is 0 Å². The smallest absolute Gasteiger partial charge is 0.262 e. The first-order valence-corrected chi connectivity index (χ1v) is 7.01. The predicted octanol–water partition coefficient (Wildman–Crippen LogP) is 2.99. The van der Waals surface area contributed by atoms with E-state index in [1.807, 2.05) is 0 Å². The summed E-state index contributed by atoms with van der Waals surface area (Å²) in [6.45, 7) is 0. The molecule has 4 nitrogen and oxygen atoms in total. The Bertz CT molecular complexity index is 701. The van der Waals surface area contributed by atoms with Gasteiger partial charge in [0, 0.05) is 11.1 Å². The molecular formula is C12H9ClFNO3S. The van der Waals surface area contributed by atoms with Gasteiger partial charge in [0.05, 0.1) is 10.6 Å². The molecule has 2 rings (SSSR count). The number of halogens is 2. The average molecular weight is 302 g/mol. The summed E-state index contributed by atoms with van der Waals surface area (Å²) in [5, 5.41) is 9.86. The van der Waals surface area contributed by atoms with E-state index in [1.165, 1.54) is 24.3 Å². The Morgan fingerprint density at radius 3 is 2.32 bits per heavy atom. The van der Waals surface area contributed by atoms with Gasteiger partial charge in [-0.3, -0.25) is 4.72 Å². The van der Waals surface area contributed by atoms with E-state index in [9.17, 15) is 17.9 Å². The number of aromatic hydroxyl groups is 1. The van der Waals surface area contributed by atoms with Crippen LogP contribution in [0.3, 0.4) is 0 Å². The van der Waals surface area contributed by atoms with Gasteiger partial charge in [-0.1, -0.05) is 11.6 Å². The lowest BCUT2D eigenvalue weighted by Gasteiger charge is -2.09. The van der Waals surface area contributed by atoms with Crippen LogP contribution >= 0.6 is 11.6 Å². The molecule has 0 aliphatic carbocycles. The van der Waals surface area contributed by atoms with Gasteiger partial charge in [0.1, 0.15) is 11.6 Å². The monoisotopic (exact) mass is 301 g/mol. The molecule has 0 aliphatic heterocycles. The number of sulfonamides is 1. The minimum absolute atomic E-state index is 0.0133. The summed E-state index contributed by atoms with van der Waals surface area (Å²) >= 11 is 5.67. The maximum absolute atomic E-state index is 12.8. The minimum Gasteiger partial charge on any atom is -0.506 e. The van der Waals surface area contributed by atoms with Crippen LogP contribution in [-0.2, 0) is 10.0 Å². The standard InChI is InChI=1S/C12H9ClFNO3S/c13-8-1-4-10(5-2-8)19(17,18)15-11-6-3-9(14)7-12(11)16/h1-7,15-16H. The maximum atomic E-state index is 12.8. The third-order valence-corrected chi connectivity index (χ3v) is 3.96. The van der Waals surface area contributed by atoms with Crippen LogP contribution < -0.4 is 4.72 Å². The van der Waals surface area contributed by atoms with Gasteiger partial charge in [-0.25, -0.2) is 12.8 Å². The highest BCUT2D eigenvalue weighted by molar-refractivity contribution is 7.92. The summed E-state index contributed by atoms with van der Waals surface area (Å²) < 4.78 is 38.9. The van der Waals surface area contributed by atoms with Crippen molar-refractivity contribution in [1.82, 2.24) is 0 Å². The summed E-state index contributed by atoms with van der Waals surface area (Å²) in [5.74, 6) is -1.15. The summed E-state index contributed by atoms with van der Waals surface area (Å²) in [5.41, 5.74) is -0.101. The molecule has 0 aliphatic rings. The van der Waals surface area contributed by atoms with Gasteiger partial charge in [0.25, 0.3) is 10.0 Å². The van der Waals surface area contributed by atoms with E-state index in [2.05, 4.69) is 4.72 Å². The van der Waals surface area contributed by atoms with Crippen LogP contribution in [-0.4, -0.2) is 13.5 Å². The van der Waals surface area contributed by atoms with Crippen LogP contribution in [0.5, 0.6) is 5.75 Å². The van der Waals surface area contributed by atoms with Crippen molar-refractivity contribution >= 4 is 27.3 Å². The van der Waals surface area contributed by atoms with E-state index in [4.69, 9.17) is 11.6 Å². The van der Waals surface area contributed by atoms with Crippen molar-refractivity contribution in [2.45, 2.75) is 4.90 Å². The normalized spacial score (nSPS) is 11.3. The minimum atomic E-state index is -3.86. The van der Waals surface area contributed by atoms with Gasteiger partial charge in [0.15, 0.2) is 0 Å². The zero-order chi connectivity index (χ0) is 14.0. The third kappa shape index (κ3) is 3.15. The fraction of sp³-hybridized carbons (Fsp3) is 0. The predicted molar refractivity (Wildman–Crippen MR) is 70.3 cm³/mol. The highest BCUT2D eigenvalue weighted by Gasteiger charge is 2.16. The summed E-state index contributed by atoms with van der Waals surface area (Å²) in [6, 6.07) is 8.51.